The third kappa shape index (κ3) is 3.61. The van der Waals surface area contributed by atoms with Crippen molar-refractivity contribution in [2.24, 2.45) is 0 Å². The van der Waals surface area contributed by atoms with Crippen molar-refractivity contribution >= 4 is 35.2 Å². The molecule has 1 atom stereocenters. The second-order valence-corrected chi connectivity index (χ2v) is 7.44. The Morgan fingerprint density at radius 1 is 1.10 bits per heavy atom. The first-order valence-corrected chi connectivity index (χ1v) is 9.63. The van der Waals surface area contributed by atoms with E-state index in [1.165, 1.54) is 4.90 Å². The molecule has 0 spiro atoms. The molecule has 0 aliphatic carbocycles. The molecule has 8 heteroatoms. The number of nitrogens with zero attached hydrogens (tertiary/aromatic N) is 1. The Balaban J connectivity index is 1.53. The van der Waals surface area contributed by atoms with Crippen LogP contribution >= 0.6 is 11.6 Å². The molecule has 2 aliphatic rings. The molecule has 0 bridgehead atoms. The van der Waals surface area contributed by atoms with Gasteiger partial charge in [-0.05, 0) is 42.3 Å². The highest BCUT2D eigenvalue weighted by molar-refractivity contribution is 6.30. The summed E-state index contributed by atoms with van der Waals surface area (Å²) in [7, 11) is 0. The number of amides is 4. The Labute approximate surface area is 172 Å². The summed E-state index contributed by atoms with van der Waals surface area (Å²) in [4.78, 5) is 50.8. The van der Waals surface area contributed by atoms with E-state index in [9.17, 15) is 19.2 Å². The van der Waals surface area contributed by atoms with E-state index in [2.05, 4.69) is 10.6 Å². The van der Waals surface area contributed by atoms with Crippen molar-refractivity contribution in [3.8, 4) is 0 Å². The van der Waals surface area contributed by atoms with Crippen molar-refractivity contribution in [1.29, 1.82) is 0 Å². The number of benzene rings is 2. The monoisotopic (exact) mass is 411 g/mol. The molecule has 2 heterocycles. The average Bonchev–Trinajstić information content (AvgIpc) is 2.98. The molecule has 1 unspecified atom stereocenters. The van der Waals surface area contributed by atoms with Crippen LogP contribution in [0.15, 0.2) is 42.5 Å². The van der Waals surface area contributed by atoms with Gasteiger partial charge in [-0.15, -0.1) is 0 Å². The molecular formula is C21H18ClN3O4. The quantitative estimate of drug-likeness (QED) is 0.753. The SMILES string of the molecule is O=C1CCC(N2C(=O)c3cccc(CNC(=O)c4ccc(Cl)cc4)c3C2=O)CN1. The minimum Gasteiger partial charge on any atom is -0.354 e. The standard InChI is InChI=1S/C21H18ClN3O4/c22-14-6-4-12(5-7-14)19(27)24-10-13-2-1-3-16-18(13)21(29)25(20(16)28)15-8-9-17(26)23-11-15/h1-7,15H,8-11H2,(H,23,26)(H,24,27). The number of carbonyl (C=O) groups excluding carboxylic acids is 4. The van der Waals surface area contributed by atoms with Crippen LogP contribution in [-0.4, -0.2) is 41.1 Å². The summed E-state index contributed by atoms with van der Waals surface area (Å²) in [6, 6.07) is 11.1. The third-order valence-electron chi connectivity index (χ3n) is 5.18. The maximum absolute atomic E-state index is 13.0. The van der Waals surface area contributed by atoms with Crippen molar-refractivity contribution in [2.45, 2.75) is 25.4 Å². The molecule has 1 fully saturated rings. The molecule has 2 aliphatic heterocycles. The summed E-state index contributed by atoms with van der Waals surface area (Å²) in [6.45, 7) is 0.367. The van der Waals surface area contributed by atoms with Crippen molar-refractivity contribution < 1.29 is 19.2 Å². The fourth-order valence-corrected chi connectivity index (χ4v) is 3.80. The maximum Gasteiger partial charge on any atom is 0.262 e. The Morgan fingerprint density at radius 3 is 2.55 bits per heavy atom. The summed E-state index contributed by atoms with van der Waals surface area (Å²) < 4.78 is 0. The first-order chi connectivity index (χ1) is 14.0. The average molecular weight is 412 g/mol. The van der Waals surface area contributed by atoms with Crippen LogP contribution in [-0.2, 0) is 11.3 Å². The molecule has 7 nitrogen and oxygen atoms in total. The van der Waals surface area contributed by atoms with Crippen LogP contribution in [0.2, 0.25) is 5.02 Å². The number of imide groups is 1. The number of hydrogen-bond donors (Lipinski definition) is 2. The van der Waals surface area contributed by atoms with Gasteiger partial charge in [0.2, 0.25) is 5.91 Å². The molecule has 1 saturated heterocycles. The van der Waals surface area contributed by atoms with Gasteiger partial charge in [-0.1, -0.05) is 23.7 Å². The van der Waals surface area contributed by atoms with E-state index in [-0.39, 0.29) is 49.2 Å². The summed E-state index contributed by atoms with van der Waals surface area (Å²) in [6.07, 6.45) is 0.724. The van der Waals surface area contributed by atoms with Crippen LogP contribution in [0.25, 0.3) is 0 Å². The second kappa shape index (κ2) is 7.67. The van der Waals surface area contributed by atoms with E-state index in [4.69, 9.17) is 11.6 Å². The van der Waals surface area contributed by atoms with Crippen LogP contribution in [0.5, 0.6) is 0 Å². The van der Waals surface area contributed by atoms with E-state index in [0.29, 0.717) is 33.7 Å². The summed E-state index contributed by atoms with van der Waals surface area (Å²) >= 11 is 5.84. The van der Waals surface area contributed by atoms with Crippen LogP contribution in [0.1, 0.15) is 49.5 Å². The molecule has 0 aromatic heterocycles. The fraction of sp³-hybridized carbons (Fsp3) is 0.238. The third-order valence-corrected chi connectivity index (χ3v) is 5.44. The predicted molar refractivity (Wildman–Crippen MR) is 106 cm³/mol. The number of piperidine rings is 1. The Hall–Kier alpha value is -3.19. The normalized spacial score (nSPS) is 18.4. The van der Waals surface area contributed by atoms with Crippen LogP contribution in [0, 0.1) is 0 Å². The van der Waals surface area contributed by atoms with Crippen molar-refractivity contribution in [3.05, 3.63) is 69.7 Å². The van der Waals surface area contributed by atoms with Crippen LogP contribution in [0.3, 0.4) is 0 Å². The van der Waals surface area contributed by atoms with Gasteiger partial charge in [-0.25, -0.2) is 0 Å². The first kappa shape index (κ1) is 19.1. The number of nitrogens with one attached hydrogen (secondary N) is 2. The molecule has 0 saturated carbocycles. The number of carbonyl (C=O) groups is 4. The van der Waals surface area contributed by atoms with E-state index in [1.807, 2.05) is 0 Å². The lowest BCUT2D eigenvalue weighted by Crippen LogP contribution is -2.50. The topological polar surface area (TPSA) is 95.6 Å². The van der Waals surface area contributed by atoms with Crippen molar-refractivity contribution in [1.82, 2.24) is 15.5 Å². The van der Waals surface area contributed by atoms with E-state index < -0.39 is 0 Å². The largest absolute Gasteiger partial charge is 0.354 e. The zero-order valence-electron chi connectivity index (χ0n) is 15.4. The summed E-state index contributed by atoms with van der Waals surface area (Å²) in [5, 5.41) is 6.01. The highest BCUT2D eigenvalue weighted by Gasteiger charge is 2.42. The van der Waals surface area contributed by atoms with Crippen molar-refractivity contribution in [2.75, 3.05) is 6.54 Å². The smallest absolute Gasteiger partial charge is 0.262 e. The van der Waals surface area contributed by atoms with E-state index >= 15 is 0 Å². The lowest BCUT2D eigenvalue weighted by molar-refractivity contribution is -0.123. The summed E-state index contributed by atoms with van der Waals surface area (Å²) in [5.41, 5.74) is 1.66. The van der Waals surface area contributed by atoms with Gasteiger partial charge in [0.15, 0.2) is 0 Å². The van der Waals surface area contributed by atoms with Gasteiger partial charge in [-0.3, -0.25) is 24.1 Å². The number of halogens is 1. The Morgan fingerprint density at radius 2 is 1.86 bits per heavy atom. The van der Waals surface area contributed by atoms with Gasteiger partial charge < -0.3 is 10.6 Å². The first-order valence-electron chi connectivity index (χ1n) is 9.26. The van der Waals surface area contributed by atoms with Gasteiger partial charge in [0, 0.05) is 30.1 Å². The Kier molecular flexibility index (Phi) is 5.07. The predicted octanol–water partition coefficient (Wildman–Crippen LogP) is 2.14. The van der Waals surface area contributed by atoms with Gasteiger partial charge in [0.05, 0.1) is 17.2 Å². The lowest BCUT2D eigenvalue weighted by atomic mass is 10.0. The minimum absolute atomic E-state index is 0.0801. The van der Waals surface area contributed by atoms with Gasteiger partial charge >= 0.3 is 0 Å². The molecule has 4 rings (SSSR count). The molecule has 2 aromatic carbocycles. The molecular weight excluding hydrogens is 394 g/mol. The lowest BCUT2D eigenvalue weighted by Gasteiger charge is -2.29. The summed E-state index contributed by atoms with van der Waals surface area (Å²) in [5.74, 6) is -1.13. The van der Waals surface area contributed by atoms with Crippen LogP contribution in [0.4, 0.5) is 0 Å². The highest BCUT2D eigenvalue weighted by atomic mass is 35.5. The molecule has 29 heavy (non-hydrogen) atoms. The van der Waals surface area contributed by atoms with Gasteiger partial charge in [-0.2, -0.15) is 0 Å². The fourth-order valence-electron chi connectivity index (χ4n) is 3.67. The van der Waals surface area contributed by atoms with Gasteiger partial charge in [0.25, 0.3) is 17.7 Å². The van der Waals surface area contributed by atoms with E-state index in [0.717, 1.165) is 0 Å². The molecule has 0 radical (unpaired) electrons. The molecule has 4 amide bonds. The van der Waals surface area contributed by atoms with Gasteiger partial charge in [0.1, 0.15) is 0 Å². The zero-order valence-corrected chi connectivity index (χ0v) is 16.2. The Bertz CT molecular complexity index is 1010. The minimum atomic E-state index is -0.387. The van der Waals surface area contributed by atoms with Crippen molar-refractivity contribution in [3.63, 3.8) is 0 Å². The number of hydrogen-bond acceptors (Lipinski definition) is 4. The molecule has 148 valence electrons. The maximum atomic E-state index is 13.0. The highest BCUT2D eigenvalue weighted by Crippen LogP contribution is 2.29. The zero-order chi connectivity index (χ0) is 20.5. The molecule has 2 aromatic rings. The van der Waals surface area contributed by atoms with Crippen LogP contribution < -0.4 is 10.6 Å². The molecule has 2 N–H and O–H groups in total. The number of rotatable bonds is 4. The second-order valence-electron chi connectivity index (χ2n) is 7.01. The van der Waals surface area contributed by atoms with E-state index in [1.54, 1.807) is 42.5 Å². The number of fused-ring (bicyclic) bond motifs is 1.